The van der Waals surface area contributed by atoms with E-state index in [-0.39, 0.29) is 5.56 Å². The molecule has 0 saturated carbocycles. The van der Waals surface area contributed by atoms with Crippen LogP contribution in [0.25, 0.3) is 0 Å². The van der Waals surface area contributed by atoms with Crippen molar-refractivity contribution in [2.24, 2.45) is 0 Å². The molecule has 6 heteroatoms. The number of halogens is 1. The second-order valence-electron chi connectivity index (χ2n) is 3.02. The van der Waals surface area contributed by atoms with Gasteiger partial charge >= 0.3 is 0 Å². The normalized spacial score (nSPS) is 10.3. The molecule has 0 atom stereocenters. The fourth-order valence-corrected chi connectivity index (χ4v) is 2.46. The summed E-state index contributed by atoms with van der Waals surface area (Å²) in [7, 11) is 0. The molecule has 1 heterocycles. The van der Waals surface area contributed by atoms with Gasteiger partial charge in [0.2, 0.25) is 0 Å². The molecule has 0 aliphatic rings. The van der Waals surface area contributed by atoms with E-state index in [1.807, 2.05) is 12.1 Å². The Kier molecular flexibility index (Phi) is 3.31. The van der Waals surface area contributed by atoms with E-state index in [0.717, 1.165) is 9.37 Å². The molecule has 0 spiro atoms. The van der Waals surface area contributed by atoms with Gasteiger partial charge in [0, 0.05) is 27.3 Å². The van der Waals surface area contributed by atoms with E-state index in [1.54, 1.807) is 6.07 Å². The highest BCUT2D eigenvalue weighted by Gasteiger charge is 2.04. The SMILES string of the molecule is Nc1ccc(Br)cc1Sc1nccc(=O)[nH]1. The van der Waals surface area contributed by atoms with E-state index in [9.17, 15) is 4.79 Å². The predicted molar refractivity (Wildman–Crippen MR) is 67.5 cm³/mol. The minimum atomic E-state index is -0.175. The van der Waals surface area contributed by atoms with Crippen LogP contribution in [0.1, 0.15) is 0 Å². The summed E-state index contributed by atoms with van der Waals surface area (Å²) >= 11 is 4.68. The van der Waals surface area contributed by atoms with Crippen molar-refractivity contribution in [2.75, 3.05) is 5.73 Å². The third kappa shape index (κ3) is 2.65. The smallest absolute Gasteiger partial charge is 0.251 e. The van der Waals surface area contributed by atoms with Gasteiger partial charge in [-0.05, 0) is 30.0 Å². The summed E-state index contributed by atoms with van der Waals surface area (Å²) in [4.78, 5) is 18.6. The first-order valence-corrected chi connectivity index (χ1v) is 6.04. The number of aromatic nitrogens is 2. The second-order valence-corrected chi connectivity index (χ2v) is 4.97. The second kappa shape index (κ2) is 4.71. The molecule has 2 aromatic rings. The number of nitrogens with zero attached hydrogens (tertiary/aromatic N) is 1. The summed E-state index contributed by atoms with van der Waals surface area (Å²) in [6, 6.07) is 6.91. The number of H-pyrrole nitrogens is 1. The molecule has 16 heavy (non-hydrogen) atoms. The van der Waals surface area contributed by atoms with Gasteiger partial charge in [-0.1, -0.05) is 15.9 Å². The Morgan fingerprint density at radius 2 is 2.19 bits per heavy atom. The maximum atomic E-state index is 11.1. The standard InChI is InChI=1S/C10H8BrN3OS/c11-6-1-2-7(12)8(5-6)16-10-13-4-3-9(15)14-10/h1-5H,12H2,(H,13,14,15). The molecular weight excluding hydrogens is 290 g/mol. The van der Waals surface area contributed by atoms with Crippen molar-refractivity contribution in [1.82, 2.24) is 9.97 Å². The van der Waals surface area contributed by atoms with E-state index in [2.05, 4.69) is 25.9 Å². The maximum Gasteiger partial charge on any atom is 0.251 e. The minimum Gasteiger partial charge on any atom is -0.398 e. The highest BCUT2D eigenvalue weighted by molar-refractivity contribution is 9.10. The van der Waals surface area contributed by atoms with Gasteiger partial charge < -0.3 is 10.7 Å². The molecule has 0 fully saturated rings. The van der Waals surface area contributed by atoms with E-state index >= 15 is 0 Å². The van der Waals surface area contributed by atoms with Crippen LogP contribution < -0.4 is 11.3 Å². The molecule has 0 bridgehead atoms. The van der Waals surface area contributed by atoms with Crippen LogP contribution in [-0.4, -0.2) is 9.97 Å². The lowest BCUT2D eigenvalue weighted by Gasteiger charge is -2.04. The van der Waals surface area contributed by atoms with Gasteiger partial charge in [-0.15, -0.1) is 0 Å². The van der Waals surface area contributed by atoms with Crippen LogP contribution in [0.2, 0.25) is 0 Å². The fraction of sp³-hybridized carbons (Fsp3) is 0. The Bertz CT molecular complexity index is 570. The average molecular weight is 298 g/mol. The molecule has 0 amide bonds. The number of aromatic amines is 1. The Labute approximate surface area is 104 Å². The minimum absolute atomic E-state index is 0.175. The lowest BCUT2D eigenvalue weighted by molar-refractivity contribution is 0.937. The van der Waals surface area contributed by atoms with E-state index < -0.39 is 0 Å². The highest BCUT2D eigenvalue weighted by Crippen LogP contribution is 2.31. The summed E-state index contributed by atoms with van der Waals surface area (Å²) in [5.41, 5.74) is 6.29. The lowest BCUT2D eigenvalue weighted by Crippen LogP contribution is -2.05. The van der Waals surface area contributed by atoms with Gasteiger partial charge in [-0.25, -0.2) is 4.98 Å². The zero-order chi connectivity index (χ0) is 11.5. The molecular formula is C10H8BrN3OS. The van der Waals surface area contributed by atoms with Gasteiger partial charge in [-0.2, -0.15) is 0 Å². The van der Waals surface area contributed by atoms with Crippen LogP contribution >= 0.6 is 27.7 Å². The largest absolute Gasteiger partial charge is 0.398 e. The van der Waals surface area contributed by atoms with Crippen LogP contribution in [0.5, 0.6) is 0 Å². The quantitative estimate of drug-likeness (QED) is 0.659. The molecule has 0 aliphatic heterocycles. The molecule has 1 aromatic heterocycles. The average Bonchev–Trinajstić information content (AvgIpc) is 2.24. The van der Waals surface area contributed by atoms with Gasteiger partial charge in [0.05, 0.1) is 0 Å². The van der Waals surface area contributed by atoms with E-state index in [1.165, 1.54) is 24.0 Å². The molecule has 0 aliphatic carbocycles. The topological polar surface area (TPSA) is 71.8 Å². The summed E-state index contributed by atoms with van der Waals surface area (Å²) in [5.74, 6) is 0. The molecule has 3 N–H and O–H groups in total. The molecule has 4 nitrogen and oxygen atoms in total. The van der Waals surface area contributed by atoms with Crippen molar-refractivity contribution in [3.8, 4) is 0 Å². The Morgan fingerprint density at radius 3 is 2.94 bits per heavy atom. The summed E-state index contributed by atoms with van der Waals surface area (Å²) < 4.78 is 0.933. The lowest BCUT2D eigenvalue weighted by atomic mass is 10.3. The van der Waals surface area contributed by atoms with Crippen LogP contribution in [0.4, 0.5) is 5.69 Å². The number of nitrogen functional groups attached to an aromatic ring is 1. The van der Waals surface area contributed by atoms with Crippen LogP contribution in [-0.2, 0) is 0 Å². The van der Waals surface area contributed by atoms with Gasteiger partial charge in [0.15, 0.2) is 5.16 Å². The van der Waals surface area contributed by atoms with E-state index in [4.69, 9.17) is 5.73 Å². The molecule has 0 saturated heterocycles. The first-order valence-electron chi connectivity index (χ1n) is 4.43. The molecule has 0 unspecified atom stereocenters. The van der Waals surface area contributed by atoms with Crippen molar-refractivity contribution in [3.05, 3.63) is 45.3 Å². The maximum absolute atomic E-state index is 11.1. The van der Waals surface area contributed by atoms with Crippen molar-refractivity contribution in [3.63, 3.8) is 0 Å². The summed E-state index contributed by atoms with van der Waals surface area (Å²) in [5, 5.41) is 0.525. The fourth-order valence-electron chi connectivity index (χ4n) is 1.10. The van der Waals surface area contributed by atoms with Crippen LogP contribution in [0.15, 0.2) is 49.8 Å². The van der Waals surface area contributed by atoms with Gasteiger partial charge in [0.25, 0.3) is 5.56 Å². The zero-order valence-electron chi connectivity index (χ0n) is 8.11. The van der Waals surface area contributed by atoms with E-state index in [0.29, 0.717) is 10.8 Å². The molecule has 0 radical (unpaired) electrons. The number of hydrogen-bond donors (Lipinski definition) is 2. The highest BCUT2D eigenvalue weighted by atomic mass is 79.9. The van der Waals surface area contributed by atoms with Crippen molar-refractivity contribution < 1.29 is 0 Å². The van der Waals surface area contributed by atoms with Crippen LogP contribution in [0, 0.1) is 0 Å². The first kappa shape index (κ1) is 11.2. The number of nitrogens with two attached hydrogens (primary N) is 1. The number of anilines is 1. The Balaban J connectivity index is 2.33. The van der Waals surface area contributed by atoms with Crippen molar-refractivity contribution in [2.45, 2.75) is 10.1 Å². The van der Waals surface area contributed by atoms with Gasteiger partial charge in [0.1, 0.15) is 0 Å². The molecule has 2 rings (SSSR count). The number of hydrogen-bond acceptors (Lipinski definition) is 4. The third-order valence-electron chi connectivity index (χ3n) is 1.83. The number of benzene rings is 1. The van der Waals surface area contributed by atoms with Gasteiger partial charge in [-0.3, -0.25) is 4.79 Å². The molecule has 1 aromatic carbocycles. The molecule has 82 valence electrons. The Hall–Kier alpha value is -1.27. The monoisotopic (exact) mass is 297 g/mol. The summed E-state index contributed by atoms with van der Waals surface area (Å²) in [6.45, 7) is 0. The summed E-state index contributed by atoms with van der Waals surface area (Å²) in [6.07, 6.45) is 1.47. The Morgan fingerprint density at radius 1 is 1.38 bits per heavy atom. The zero-order valence-corrected chi connectivity index (χ0v) is 10.5. The van der Waals surface area contributed by atoms with Crippen LogP contribution in [0.3, 0.4) is 0 Å². The number of nitrogens with one attached hydrogen (secondary N) is 1. The van der Waals surface area contributed by atoms with Crippen molar-refractivity contribution in [1.29, 1.82) is 0 Å². The predicted octanol–water partition coefficient (Wildman–Crippen LogP) is 2.27. The van der Waals surface area contributed by atoms with Crippen molar-refractivity contribution >= 4 is 33.4 Å². The first-order chi connectivity index (χ1) is 7.65. The number of rotatable bonds is 2. The third-order valence-corrected chi connectivity index (χ3v) is 3.30.